The fourth-order valence-electron chi connectivity index (χ4n) is 3.64. The first-order valence-electron chi connectivity index (χ1n) is 9.46. The van der Waals surface area contributed by atoms with E-state index in [-0.39, 0.29) is 31.8 Å². The summed E-state index contributed by atoms with van der Waals surface area (Å²) in [4.78, 5) is 21.0. The van der Waals surface area contributed by atoms with E-state index < -0.39 is 12.0 Å². The number of benzene rings is 1. The molecule has 2 saturated heterocycles. The number of likely N-dealkylation sites (tertiary alicyclic amines) is 1. The highest BCUT2D eigenvalue weighted by molar-refractivity contribution is 7.22. The SMILES string of the molecule is COc1ccc(OC)c2sc(N3CCOC(C(=O)N4CCC(F)(F)CC4)C3)nc12. The number of hydrogen-bond acceptors (Lipinski definition) is 7. The number of morpholine rings is 1. The number of amides is 1. The first kappa shape index (κ1) is 20.1. The van der Waals surface area contributed by atoms with Gasteiger partial charge in [0, 0.05) is 32.5 Å². The van der Waals surface area contributed by atoms with E-state index in [0.29, 0.717) is 36.7 Å². The van der Waals surface area contributed by atoms with Gasteiger partial charge in [-0.1, -0.05) is 11.3 Å². The number of piperidine rings is 1. The molecule has 1 unspecified atom stereocenters. The number of methoxy groups -OCH3 is 2. The molecule has 158 valence electrons. The lowest BCUT2D eigenvalue weighted by molar-refractivity contribution is -0.150. The number of alkyl halides is 2. The monoisotopic (exact) mass is 427 g/mol. The molecule has 10 heteroatoms. The van der Waals surface area contributed by atoms with E-state index in [1.54, 1.807) is 14.2 Å². The van der Waals surface area contributed by atoms with Crippen LogP contribution < -0.4 is 14.4 Å². The molecule has 1 amide bonds. The minimum absolute atomic E-state index is 0.0568. The van der Waals surface area contributed by atoms with Crippen LogP contribution in [0, 0.1) is 0 Å². The van der Waals surface area contributed by atoms with Gasteiger partial charge in [-0.15, -0.1) is 0 Å². The van der Waals surface area contributed by atoms with Gasteiger partial charge >= 0.3 is 0 Å². The number of nitrogens with zero attached hydrogens (tertiary/aromatic N) is 3. The van der Waals surface area contributed by atoms with Crippen LogP contribution in [0.5, 0.6) is 11.5 Å². The summed E-state index contributed by atoms with van der Waals surface area (Å²) < 4.78 is 44.2. The Kier molecular flexibility index (Phi) is 5.48. The molecule has 29 heavy (non-hydrogen) atoms. The van der Waals surface area contributed by atoms with Crippen LogP contribution in [0.1, 0.15) is 12.8 Å². The average Bonchev–Trinajstić information content (AvgIpc) is 3.18. The summed E-state index contributed by atoms with van der Waals surface area (Å²) in [5, 5.41) is 0.745. The van der Waals surface area contributed by atoms with Gasteiger partial charge in [0.2, 0.25) is 0 Å². The molecule has 1 aromatic heterocycles. The van der Waals surface area contributed by atoms with Crippen LogP contribution in [-0.4, -0.2) is 74.8 Å². The minimum Gasteiger partial charge on any atom is -0.495 e. The number of ether oxygens (including phenoxy) is 3. The van der Waals surface area contributed by atoms with Crippen LogP contribution in [0.3, 0.4) is 0 Å². The molecule has 0 spiro atoms. The number of carbonyl (C=O) groups excluding carboxylic acids is 1. The molecule has 0 radical (unpaired) electrons. The van der Waals surface area contributed by atoms with Crippen LogP contribution in [0.4, 0.5) is 13.9 Å². The van der Waals surface area contributed by atoms with Crippen molar-refractivity contribution in [3.8, 4) is 11.5 Å². The van der Waals surface area contributed by atoms with Crippen LogP contribution in [0.15, 0.2) is 12.1 Å². The van der Waals surface area contributed by atoms with Crippen molar-refractivity contribution in [1.82, 2.24) is 9.88 Å². The number of hydrogen-bond donors (Lipinski definition) is 0. The van der Waals surface area contributed by atoms with Crippen LogP contribution >= 0.6 is 11.3 Å². The normalized spacial score (nSPS) is 22.0. The Morgan fingerprint density at radius 2 is 1.90 bits per heavy atom. The summed E-state index contributed by atoms with van der Waals surface area (Å²) in [6, 6.07) is 3.64. The zero-order valence-corrected chi connectivity index (χ0v) is 17.1. The summed E-state index contributed by atoms with van der Waals surface area (Å²) in [6.45, 7) is 1.40. The maximum Gasteiger partial charge on any atom is 0.253 e. The zero-order chi connectivity index (χ0) is 20.6. The van der Waals surface area contributed by atoms with Crippen molar-refractivity contribution in [3.05, 3.63) is 12.1 Å². The molecule has 0 N–H and O–H groups in total. The largest absolute Gasteiger partial charge is 0.495 e. The number of aromatic nitrogens is 1. The van der Waals surface area contributed by atoms with Gasteiger partial charge in [-0.05, 0) is 12.1 Å². The Balaban J connectivity index is 1.52. The minimum atomic E-state index is -2.69. The Labute approximate surface area is 171 Å². The van der Waals surface area contributed by atoms with E-state index in [4.69, 9.17) is 19.2 Å². The molecule has 0 bridgehead atoms. The van der Waals surface area contributed by atoms with E-state index in [1.807, 2.05) is 17.0 Å². The lowest BCUT2D eigenvalue weighted by Crippen LogP contribution is -2.53. The lowest BCUT2D eigenvalue weighted by atomic mass is 10.1. The van der Waals surface area contributed by atoms with Crippen molar-refractivity contribution in [2.45, 2.75) is 24.9 Å². The number of halogens is 2. The van der Waals surface area contributed by atoms with Gasteiger partial charge < -0.3 is 24.0 Å². The molecule has 2 aliphatic rings. The summed E-state index contributed by atoms with van der Waals surface area (Å²) >= 11 is 1.46. The third-order valence-electron chi connectivity index (χ3n) is 5.32. The van der Waals surface area contributed by atoms with Crippen LogP contribution in [0.25, 0.3) is 10.2 Å². The number of anilines is 1. The fourth-order valence-corrected chi connectivity index (χ4v) is 4.75. The third-order valence-corrected chi connectivity index (χ3v) is 6.45. The first-order chi connectivity index (χ1) is 13.9. The van der Waals surface area contributed by atoms with E-state index >= 15 is 0 Å². The number of thiazole rings is 1. The summed E-state index contributed by atoms with van der Waals surface area (Å²) in [7, 11) is 3.19. The molecule has 1 aromatic carbocycles. The van der Waals surface area contributed by atoms with Crippen molar-refractivity contribution in [2.24, 2.45) is 0 Å². The lowest BCUT2D eigenvalue weighted by Gasteiger charge is -2.37. The standard InChI is InChI=1S/C19H23F2N3O4S/c1-26-12-3-4-13(27-2)16-15(12)22-18(29-16)24-9-10-28-14(11-24)17(25)23-7-5-19(20,21)6-8-23/h3-4,14H,5-11H2,1-2H3. The molecule has 4 rings (SSSR count). The van der Waals surface area contributed by atoms with E-state index in [9.17, 15) is 13.6 Å². The topological polar surface area (TPSA) is 64.1 Å². The molecule has 0 saturated carbocycles. The highest BCUT2D eigenvalue weighted by Gasteiger charge is 2.39. The molecule has 0 aliphatic carbocycles. The molecular formula is C19H23F2N3O4S. The maximum atomic E-state index is 13.4. The molecule has 7 nitrogen and oxygen atoms in total. The summed E-state index contributed by atoms with van der Waals surface area (Å²) in [5.74, 6) is -1.56. The van der Waals surface area contributed by atoms with E-state index in [1.165, 1.54) is 16.2 Å². The van der Waals surface area contributed by atoms with Gasteiger partial charge in [-0.2, -0.15) is 0 Å². The quantitative estimate of drug-likeness (QED) is 0.748. The van der Waals surface area contributed by atoms with Gasteiger partial charge in [-0.3, -0.25) is 4.79 Å². The molecule has 1 atom stereocenters. The molecule has 2 fully saturated rings. The van der Waals surface area contributed by atoms with Crippen LogP contribution in [0.2, 0.25) is 0 Å². The number of carbonyl (C=O) groups is 1. The van der Waals surface area contributed by atoms with Gasteiger partial charge in [0.15, 0.2) is 11.2 Å². The zero-order valence-electron chi connectivity index (χ0n) is 16.3. The smallest absolute Gasteiger partial charge is 0.253 e. The van der Waals surface area contributed by atoms with Crippen molar-refractivity contribution < 1.29 is 27.8 Å². The second-order valence-electron chi connectivity index (χ2n) is 7.13. The number of fused-ring (bicyclic) bond motifs is 1. The van der Waals surface area contributed by atoms with Gasteiger partial charge in [-0.25, -0.2) is 13.8 Å². The van der Waals surface area contributed by atoms with E-state index in [0.717, 1.165) is 9.83 Å². The third kappa shape index (κ3) is 3.95. The molecule has 3 heterocycles. The Bertz CT molecular complexity index is 856. The van der Waals surface area contributed by atoms with E-state index in [2.05, 4.69) is 0 Å². The van der Waals surface area contributed by atoms with Crippen molar-refractivity contribution in [3.63, 3.8) is 0 Å². The average molecular weight is 427 g/mol. The highest BCUT2D eigenvalue weighted by atomic mass is 32.1. The van der Waals surface area contributed by atoms with Crippen molar-refractivity contribution >= 4 is 32.6 Å². The molecule has 2 aliphatic heterocycles. The highest BCUT2D eigenvalue weighted by Crippen LogP contribution is 2.40. The van der Waals surface area contributed by atoms with Crippen LogP contribution in [-0.2, 0) is 9.53 Å². The first-order valence-corrected chi connectivity index (χ1v) is 10.3. The molecule has 2 aromatic rings. The molecular weight excluding hydrogens is 404 g/mol. The Morgan fingerprint density at radius 3 is 2.59 bits per heavy atom. The Morgan fingerprint density at radius 1 is 1.21 bits per heavy atom. The van der Waals surface area contributed by atoms with Crippen molar-refractivity contribution in [2.75, 3.05) is 51.9 Å². The predicted octanol–water partition coefficient (Wildman–Crippen LogP) is 2.78. The predicted molar refractivity (Wildman–Crippen MR) is 105 cm³/mol. The summed E-state index contributed by atoms with van der Waals surface area (Å²) in [5.41, 5.74) is 0.708. The summed E-state index contributed by atoms with van der Waals surface area (Å²) in [6.07, 6.45) is -1.29. The second kappa shape index (κ2) is 7.91. The van der Waals surface area contributed by atoms with Gasteiger partial charge in [0.25, 0.3) is 11.8 Å². The van der Waals surface area contributed by atoms with Gasteiger partial charge in [0.05, 0.1) is 27.4 Å². The van der Waals surface area contributed by atoms with Crippen molar-refractivity contribution in [1.29, 1.82) is 0 Å². The fraction of sp³-hybridized carbons (Fsp3) is 0.579. The second-order valence-corrected chi connectivity index (χ2v) is 8.11. The van der Waals surface area contributed by atoms with Gasteiger partial charge in [0.1, 0.15) is 21.7 Å². The Hall–Kier alpha value is -2.20. The number of rotatable bonds is 4. The maximum absolute atomic E-state index is 13.4.